The molecule has 0 aromatic heterocycles. The molecule has 4 atom stereocenters. The van der Waals surface area contributed by atoms with Crippen molar-refractivity contribution in [2.45, 2.75) is 27.2 Å². The van der Waals surface area contributed by atoms with Crippen molar-refractivity contribution in [3.05, 3.63) is 11.6 Å². The van der Waals surface area contributed by atoms with Crippen molar-refractivity contribution in [2.24, 2.45) is 22.7 Å². The smallest absolute Gasteiger partial charge is 0.310 e. The Morgan fingerprint density at radius 1 is 1.56 bits per heavy atom. The quantitative estimate of drug-likeness (QED) is 0.595. The first-order valence-electron chi connectivity index (χ1n) is 6.24. The summed E-state index contributed by atoms with van der Waals surface area (Å²) in [6, 6.07) is 0. The molecular formula is C14H20O4. The van der Waals surface area contributed by atoms with E-state index in [9.17, 15) is 14.7 Å². The number of rotatable bonds is 2. The van der Waals surface area contributed by atoms with Crippen LogP contribution in [0.4, 0.5) is 0 Å². The maximum absolute atomic E-state index is 12.5. The van der Waals surface area contributed by atoms with E-state index in [1.54, 1.807) is 6.92 Å². The Hall–Kier alpha value is -1.16. The Morgan fingerprint density at radius 3 is 2.67 bits per heavy atom. The van der Waals surface area contributed by atoms with E-state index >= 15 is 0 Å². The number of hydrogen-bond acceptors (Lipinski definition) is 4. The molecule has 4 nitrogen and oxygen atoms in total. The van der Waals surface area contributed by atoms with Crippen LogP contribution in [-0.2, 0) is 14.3 Å². The van der Waals surface area contributed by atoms with E-state index in [1.807, 2.05) is 19.9 Å². The summed E-state index contributed by atoms with van der Waals surface area (Å²) in [4.78, 5) is 24.4. The number of ketones is 1. The molecule has 0 heterocycles. The summed E-state index contributed by atoms with van der Waals surface area (Å²) in [5.41, 5.74) is -0.172. The molecule has 1 N–H and O–H groups in total. The topological polar surface area (TPSA) is 63.6 Å². The SMILES string of the molecule is COC(=O)[C@H]1C[C@@]2(C)C(C)=C[C@]1(C)C(=O)C2CO. The van der Waals surface area contributed by atoms with Gasteiger partial charge in [0.1, 0.15) is 5.78 Å². The number of allylic oxidation sites excluding steroid dienone is 2. The summed E-state index contributed by atoms with van der Waals surface area (Å²) in [5.74, 6) is -1.23. The number of carbonyl (C=O) groups is 2. The van der Waals surface area contributed by atoms with Gasteiger partial charge in [0.15, 0.2) is 0 Å². The molecule has 0 saturated heterocycles. The Labute approximate surface area is 107 Å². The number of Topliss-reactive ketones (excluding diaryl/α,β-unsaturated/α-hetero) is 1. The summed E-state index contributed by atoms with van der Waals surface area (Å²) in [5, 5.41) is 9.50. The van der Waals surface area contributed by atoms with E-state index in [4.69, 9.17) is 4.74 Å². The molecule has 0 spiro atoms. The van der Waals surface area contributed by atoms with Crippen molar-refractivity contribution in [2.75, 3.05) is 13.7 Å². The first-order valence-corrected chi connectivity index (χ1v) is 6.24. The van der Waals surface area contributed by atoms with Gasteiger partial charge in [0.25, 0.3) is 0 Å². The van der Waals surface area contributed by atoms with Crippen LogP contribution in [0, 0.1) is 22.7 Å². The highest BCUT2D eigenvalue weighted by atomic mass is 16.5. The lowest BCUT2D eigenvalue weighted by atomic mass is 9.47. The third kappa shape index (κ3) is 1.41. The summed E-state index contributed by atoms with van der Waals surface area (Å²) < 4.78 is 4.82. The fraction of sp³-hybridized carbons (Fsp3) is 0.714. The average molecular weight is 252 g/mol. The van der Waals surface area contributed by atoms with Crippen molar-refractivity contribution >= 4 is 11.8 Å². The fourth-order valence-electron chi connectivity index (χ4n) is 3.59. The van der Waals surface area contributed by atoms with Gasteiger partial charge in [-0.25, -0.2) is 0 Å². The highest BCUT2D eigenvalue weighted by molar-refractivity contribution is 5.97. The van der Waals surface area contributed by atoms with Crippen LogP contribution in [-0.4, -0.2) is 30.6 Å². The van der Waals surface area contributed by atoms with Gasteiger partial charge in [-0.1, -0.05) is 18.6 Å². The van der Waals surface area contributed by atoms with Gasteiger partial charge >= 0.3 is 5.97 Å². The highest BCUT2D eigenvalue weighted by Crippen LogP contribution is 2.59. The molecule has 1 saturated carbocycles. The van der Waals surface area contributed by atoms with Crippen molar-refractivity contribution in [3.63, 3.8) is 0 Å². The van der Waals surface area contributed by atoms with Gasteiger partial charge in [-0.15, -0.1) is 0 Å². The normalized spacial score (nSPS) is 42.7. The van der Waals surface area contributed by atoms with Gasteiger partial charge in [-0.05, 0) is 20.3 Å². The zero-order valence-electron chi connectivity index (χ0n) is 11.3. The van der Waals surface area contributed by atoms with Crippen LogP contribution in [0.15, 0.2) is 11.6 Å². The van der Waals surface area contributed by atoms with Crippen molar-refractivity contribution in [3.8, 4) is 0 Å². The van der Waals surface area contributed by atoms with Crippen LogP contribution in [0.2, 0.25) is 0 Å². The van der Waals surface area contributed by atoms with Gasteiger partial charge in [-0.2, -0.15) is 0 Å². The van der Waals surface area contributed by atoms with E-state index in [0.717, 1.165) is 5.57 Å². The van der Waals surface area contributed by atoms with Crippen LogP contribution in [0.25, 0.3) is 0 Å². The monoisotopic (exact) mass is 252 g/mol. The Balaban J connectivity index is 2.55. The number of aliphatic hydroxyl groups excluding tert-OH is 1. The van der Waals surface area contributed by atoms with E-state index < -0.39 is 22.7 Å². The molecule has 0 radical (unpaired) electrons. The standard InChI is InChI=1S/C14H20O4/c1-8-5-14(3)9(12(17)18-4)6-13(8,2)10(7-15)11(14)16/h5,9-10,15H,6-7H2,1-4H3/t9-,10?,13+,14+/m1/s1. The minimum Gasteiger partial charge on any atom is -0.469 e. The molecule has 0 aromatic rings. The zero-order chi connectivity index (χ0) is 13.7. The minimum absolute atomic E-state index is 0.0419. The first kappa shape index (κ1) is 13.3. The highest BCUT2D eigenvalue weighted by Gasteiger charge is 2.61. The first-order chi connectivity index (χ1) is 8.31. The third-order valence-corrected chi connectivity index (χ3v) is 5.05. The molecule has 0 amide bonds. The second-order valence-corrected chi connectivity index (χ2v) is 5.91. The van der Waals surface area contributed by atoms with Crippen molar-refractivity contribution in [1.29, 1.82) is 0 Å². The molecule has 1 unspecified atom stereocenters. The molecule has 0 aromatic carbocycles. The van der Waals surface area contributed by atoms with E-state index in [1.165, 1.54) is 7.11 Å². The van der Waals surface area contributed by atoms with E-state index in [2.05, 4.69) is 0 Å². The fourth-order valence-corrected chi connectivity index (χ4v) is 3.59. The molecule has 100 valence electrons. The van der Waals surface area contributed by atoms with Gasteiger partial charge in [0.05, 0.1) is 31.0 Å². The van der Waals surface area contributed by atoms with Crippen LogP contribution in [0.5, 0.6) is 0 Å². The lowest BCUT2D eigenvalue weighted by Gasteiger charge is -2.55. The lowest BCUT2D eigenvalue weighted by molar-refractivity contribution is -0.165. The van der Waals surface area contributed by atoms with Gasteiger partial charge in [-0.3, -0.25) is 9.59 Å². The number of carbonyl (C=O) groups excluding carboxylic acids is 2. The zero-order valence-corrected chi connectivity index (χ0v) is 11.3. The Morgan fingerprint density at radius 2 is 2.17 bits per heavy atom. The lowest BCUT2D eigenvalue weighted by Crippen LogP contribution is -2.59. The molecule has 3 aliphatic rings. The molecule has 18 heavy (non-hydrogen) atoms. The number of fused-ring (bicyclic) bond motifs is 2. The minimum atomic E-state index is -0.831. The molecule has 0 aliphatic heterocycles. The van der Waals surface area contributed by atoms with Crippen LogP contribution < -0.4 is 0 Å². The predicted molar refractivity (Wildman–Crippen MR) is 65.7 cm³/mol. The average Bonchev–Trinajstić information content (AvgIpc) is 2.32. The largest absolute Gasteiger partial charge is 0.469 e. The second-order valence-electron chi connectivity index (χ2n) is 5.91. The third-order valence-electron chi connectivity index (χ3n) is 5.05. The van der Waals surface area contributed by atoms with Gasteiger partial charge in [0.2, 0.25) is 0 Å². The van der Waals surface area contributed by atoms with Crippen LogP contribution in [0.3, 0.4) is 0 Å². The van der Waals surface area contributed by atoms with Crippen LogP contribution in [0.1, 0.15) is 27.2 Å². The number of ether oxygens (including phenoxy) is 1. The van der Waals surface area contributed by atoms with Crippen LogP contribution >= 0.6 is 0 Å². The van der Waals surface area contributed by atoms with E-state index in [-0.39, 0.29) is 18.4 Å². The van der Waals surface area contributed by atoms with Crippen molar-refractivity contribution in [1.82, 2.24) is 0 Å². The Bertz CT molecular complexity index is 439. The predicted octanol–water partition coefficient (Wildman–Crippen LogP) is 1.33. The Kier molecular flexibility index (Phi) is 2.89. The summed E-state index contributed by atoms with van der Waals surface area (Å²) in [6.07, 6.45) is 2.46. The maximum atomic E-state index is 12.5. The molecular weight excluding hydrogens is 232 g/mol. The molecule has 4 heteroatoms. The maximum Gasteiger partial charge on any atom is 0.310 e. The summed E-state index contributed by atoms with van der Waals surface area (Å²) in [7, 11) is 1.35. The molecule has 2 bridgehead atoms. The molecule has 1 fully saturated rings. The summed E-state index contributed by atoms with van der Waals surface area (Å²) >= 11 is 0. The second kappa shape index (κ2) is 3.92. The van der Waals surface area contributed by atoms with E-state index in [0.29, 0.717) is 6.42 Å². The summed E-state index contributed by atoms with van der Waals surface area (Å²) in [6.45, 7) is 5.54. The van der Waals surface area contributed by atoms with Gasteiger partial charge < -0.3 is 9.84 Å². The number of methoxy groups -OCH3 is 1. The molecule has 3 rings (SSSR count). The van der Waals surface area contributed by atoms with Gasteiger partial charge in [0, 0.05) is 5.41 Å². The number of hydrogen-bond donors (Lipinski definition) is 1. The van der Waals surface area contributed by atoms with Crippen molar-refractivity contribution < 1.29 is 19.4 Å². The number of aliphatic hydroxyl groups is 1. The molecule has 3 aliphatic carbocycles. The number of esters is 1.